The standard InChI is InChI=1S/C12H13BrFNO/c13-7-12(4-5-12)8-15-11(16)9-2-1-3-10(14)6-9/h1-3,6H,4-5,7-8H2,(H,15,16). The fourth-order valence-corrected chi connectivity index (χ4v) is 2.29. The topological polar surface area (TPSA) is 29.1 Å². The summed E-state index contributed by atoms with van der Waals surface area (Å²) in [6.45, 7) is 0.660. The van der Waals surface area contributed by atoms with E-state index in [0.29, 0.717) is 12.1 Å². The average Bonchev–Trinajstić information content (AvgIpc) is 3.07. The number of hydrogen-bond acceptors (Lipinski definition) is 1. The minimum absolute atomic E-state index is 0.202. The molecule has 1 aromatic carbocycles. The monoisotopic (exact) mass is 285 g/mol. The molecular weight excluding hydrogens is 273 g/mol. The highest BCUT2D eigenvalue weighted by Crippen LogP contribution is 2.46. The van der Waals surface area contributed by atoms with Crippen molar-refractivity contribution in [2.45, 2.75) is 12.8 Å². The Morgan fingerprint density at radius 3 is 2.81 bits per heavy atom. The van der Waals surface area contributed by atoms with Crippen LogP contribution in [0.5, 0.6) is 0 Å². The number of rotatable bonds is 4. The maximum Gasteiger partial charge on any atom is 0.251 e. The zero-order valence-corrected chi connectivity index (χ0v) is 10.4. The highest BCUT2D eigenvalue weighted by molar-refractivity contribution is 9.09. The van der Waals surface area contributed by atoms with E-state index < -0.39 is 0 Å². The van der Waals surface area contributed by atoms with E-state index in [2.05, 4.69) is 21.2 Å². The fourth-order valence-electron chi connectivity index (χ4n) is 1.53. The van der Waals surface area contributed by atoms with E-state index in [0.717, 1.165) is 18.2 Å². The summed E-state index contributed by atoms with van der Waals surface area (Å²) >= 11 is 3.44. The second-order valence-corrected chi connectivity index (χ2v) is 4.89. The number of carbonyl (C=O) groups excluding carboxylic acids is 1. The molecule has 16 heavy (non-hydrogen) atoms. The van der Waals surface area contributed by atoms with Gasteiger partial charge in [0.25, 0.3) is 5.91 Å². The predicted molar refractivity (Wildman–Crippen MR) is 64.2 cm³/mol. The summed E-state index contributed by atoms with van der Waals surface area (Å²) < 4.78 is 12.9. The lowest BCUT2D eigenvalue weighted by molar-refractivity contribution is 0.0946. The largest absolute Gasteiger partial charge is 0.351 e. The van der Waals surface area contributed by atoms with Crippen LogP contribution in [0.3, 0.4) is 0 Å². The Morgan fingerprint density at radius 2 is 2.25 bits per heavy atom. The molecule has 1 aliphatic rings. The molecule has 0 atom stereocenters. The van der Waals surface area contributed by atoms with Crippen LogP contribution in [0.4, 0.5) is 4.39 Å². The third-order valence-electron chi connectivity index (χ3n) is 2.95. The molecule has 0 unspecified atom stereocenters. The quantitative estimate of drug-likeness (QED) is 0.847. The highest BCUT2D eigenvalue weighted by Gasteiger charge is 2.41. The molecule has 0 spiro atoms. The molecule has 0 radical (unpaired) electrons. The van der Waals surface area contributed by atoms with Gasteiger partial charge in [-0.15, -0.1) is 0 Å². The molecule has 1 saturated carbocycles. The number of nitrogens with one attached hydrogen (secondary N) is 1. The first-order valence-electron chi connectivity index (χ1n) is 5.25. The Labute approximate surface area is 102 Å². The van der Waals surface area contributed by atoms with E-state index >= 15 is 0 Å². The molecule has 2 rings (SSSR count). The van der Waals surface area contributed by atoms with E-state index in [9.17, 15) is 9.18 Å². The zero-order chi connectivity index (χ0) is 11.6. The predicted octanol–water partition coefficient (Wildman–Crippen LogP) is 2.73. The van der Waals surface area contributed by atoms with E-state index in [1.54, 1.807) is 12.1 Å². The Morgan fingerprint density at radius 1 is 1.50 bits per heavy atom. The fraction of sp³-hybridized carbons (Fsp3) is 0.417. The third-order valence-corrected chi connectivity index (χ3v) is 4.14. The molecule has 1 amide bonds. The lowest BCUT2D eigenvalue weighted by Crippen LogP contribution is -2.30. The number of hydrogen-bond donors (Lipinski definition) is 1. The zero-order valence-electron chi connectivity index (χ0n) is 8.80. The van der Waals surface area contributed by atoms with Crippen LogP contribution in [0.1, 0.15) is 23.2 Å². The van der Waals surface area contributed by atoms with Crippen molar-refractivity contribution in [2.24, 2.45) is 5.41 Å². The van der Waals surface area contributed by atoms with Crippen LogP contribution in [0.15, 0.2) is 24.3 Å². The van der Waals surface area contributed by atoms with Crippen molar-refractivity contribution >= 4 is 21.8 Å². The van der Waals surface area contributed by atoms with Crippen molar-refractivity contribution in [2.75, 3.05) is 11.9 Å². The summed E-state index contributed by atoms with van der Waals surface area (Å²) in [4.78, 5) is 11.7. The van der Waals surface area contributed by atoms with Gasteiger partial charge >= 0.3 is 0 Å². The van der Waals surface area contributed by atoms with E-state index in [1.165, 1.54) is 12.1 Å². The third kappa shape index (κ3) is 2.61. The Bertz CT molecular complexity index is 404. The molecule has 0 bridgehead atoms. The van der Waals surface area contributed by atoms with Crippen LogP contribution < -0.4 is 5.32 Å². The molecule has 0 saturated heterocycles. The summed E-state index contributed by atoms with van der Waals surface area (Å²) in [5.74, 6) is -0.582. The van der Waals surface area contributed by atoms with Crippen LogP contribution in [-0.2, 0) is 0 Å². The van der Waals surface area contributed by atoms with E-state index in [4.69, 9.17) is 0 Å². The summed E-state index contributed by atoms with van der Waals surface area (Å²) in [5, 5.41) is 3.75. The van der Waals surface area contributed by atoms with Gasteiger partial charge in [0.2, 0.25) is 0 Å². The van der Waals surface area contributed by atoms with Crippen molar-refractivity contribution in [1.82, 2.24) is 5.32 Å². The molecule has 4 heteroatoms. The minimum Gasteiger partial charge on any atom is -0.351 e. The van der Waals surface area contributed by atoms with E-state index in [1.807, 2.05) is 0 Å². The normalized spacial score (nSPS) is 16.9. The maximum atomic E-state index is 12.9. The second kappa shape index (κ2) is 4.53. The Hall–Kier alpha value is -0.900. The number of amides is 1. The molecule has 86 valence electrons. The van der Waals surface area contributed by atoms with Crippen molar-refractivity contribution in [1.29, 1.82) is 0 Å². The van der Waals surface area contributed by atoms with Gasteiger partial charge in [0.15, 0.2) is 0 Å². The second-order valence-electron chi connectivity index (χ2n) is 4.33. The average molecular weight is 286 g/mol. The molecule has 0 aliphatic heterocycles. The van der Waals surface area contributed by atoms with Gasteiger partial charge in [-0.2, -0.15) is 0 Å². The van der Waals surface area contributed by atoms with Crippen molar-refractivity contribution in [3.8, 4) is 0 Å². The molecule has 1 fully saturated rings. The number of alkyl halides is 1. The number of halogens is 2. The van der Waals surface area contributed by atoms with Crippen molar-refractivity contribution in [3.63, 3.8) is 0 Å². The van der Waals surface area contributed by atoms with Gasteiger partial charge in [0.1, 0.15) is 5.82 Å². The summed E-state index contributed by atoms with van der Waals surface area (Å²) in [6.07, 6.45) is 2.28. The molecule has 1 aromatic rings. The Kier molecular flexibility index (Phi) is 3.28. The van der Waals surface area contributed by atoms with Crippen LogP contribution in [-0.4, -0.2) is 17.8 Å². The first-order chi connectivity index (χ1) is 7.65. The van der Waals surface area contributed by atoms with Gasteiger partial charge in [0, 0.05) is 17.4 Å². The van der Waals surface area contributed by atoms with Gasteiger partial charge in [0.05, 0.1) is 0 Å². The van der Waals surface area contributed by atoms with Crippen LogP contribution >= 0.6 is 15.9 Å². The van der Waals surface area contributed by atoms with Gasteiger partial charge in [-0.25, -0.2) is 4.39 Å². The van der Waals surface area contributed by atoms with Gasteiger partial charge in [-0.05, 0) is 36.5 Å². The summed E-state index contributed by atoms with van der Waals surface area (Å²) in [5.41, 5.74) is 0.619. The first kappa shape index (κ1) is 11.6. The Balaban J connectivity index is 1.93. The maximum absolute atomic E-state index is 12.9. The van der Waals surface area contributed by atoms with Crippen LogP contribution in [0, 0.1) is 11.2 Å². The minimum atomic E-state index is -0.380. The van der Waals surface area contributed by atoms with Gasteiger partial charge < -0.3 is 5.32 Å². The van der Waals surface area contributed by atoms with Gasteiger partial charge in [-0.3, -0.25) is 4.79 Å². The number of benzene rings is 1. The van der Waals surface area contributed by atoms with Crippen molar-refractivity contribution in [3.05, 3.63) is 35.6 Å². The smallest absolute Gasteiger partial charge is 0.251 e. The molecular formula is C12H13BrFNO. The highest BCUT2D eigenvalue weighted by atomic mass is 79.9. The number of carbonyl (C=O) groups is 1. The van der Waals surface area contributed by atoms with Crippen LogP contribution in [0.25, 0.3) is 0 Å². The summed E-state index contributed by atoms with van der Waals surface area (Å²) in [6, 6.07) is 5.74. The van der Waals surface area contributed by atoms with Crippen molar-refractivity contribution < 1.29 is 9.18 Å². The molecule has 0 heterocycles. The lowest BCUT2D eigenvalue weighted by Gasteiger charge is -2.12. The molecule has 2 nitrogen and oxygen atoms in total. The SMILES string of the molecule is O=C(NCC1(CBr)CC1)c1cccc(F)c1. The molecule has 0 aromatic heterocycles. The summed E-state index contributed by atoms with van der Waals surface area (Å²) in [7, 11) is 0. The first-order valence-corrected chi connectivity index (χ1v) is 6.37. The lowest BCUT2D eigenvalue weighted by atomic mass is 10.1. The van der Waals surface area contributed by atoms with Gasteiger partial charge in [-0.1, -0.05) is 22.0 Å². The van der Waals surface area contributed by atoms with Crippen LogP contribution in [0.2, 0.25) is 0 Å². The molecule has 1 N–H and O–H groups in total. The molecule has 1 aliphatic carbocycles. The van der Waals surface area contributed by atoms with E-state index in [-0.39, 0.29) is 17.1 Å².